The van der Waals surface area contributed by atoms with Crippen LogP contribution in [0.2, 0.25) is 0 Å². The van der Waals surface area contributed by atoms with Gasteiger partial charge in [0.2, 0.25) is 0 Å². The van der Waals surface area contributed by atoms with Crippen molar-refractivity contribution >= 4 is 24.1 Å². The number of rotatable bonds is 8. The molecule has 23 heavy (non-hydrogen) atoms. The first-order valence-corrected chi connectivity index (χ1v) is 8.41. The Morgan fingerprint density at radius 1 is 1.17 bits per heavy atom. The van der Waals surface area contributed by atoms with E-state index in [1.807, 2.05) is 6.92 Å². The molecule has 1 saturated heterocycles. The van der Waals surface area contributed by atoms with Crippen molar-refractivity contribution in [2.45, 2.75) is 58.7 Å². The van der Waals surface area contributed by atoms with Gasteiger partial charge in [-0.1, -0.05) is 26.7 Å². The smallest absolute Gasteiger partial charge is 0.328 e. The third-order valence-electron chi connectivity index (χ3n) is 4.22. The summed E-state index contributed by atoms with van der Waals surface area (Å²) < 4.78 is 0. The van der Waals surface area contributed by atoms with Gasteiger partial charge < -0.3 is 4.90 Å². The Balaban J connectivity index is 2.24. The van der Waals surface area contributed by atoms with E-state index in [4.69, 9.17) is 0 Å². The fraction of sp³-hybridized carbons (Fsp3) is 0.750. The number of hydrogen-bond donors (Lipinski definition) is 0. The Labute approximate surface area is 137 Å². The monoisotopic (exact) mass is 322 g/mol. The highest BCUT2D eigenvalue weighted by Gasteiger charge is 2.50. The fourth-order valence-electron chi connectivity index (χ4n) is 3.00. The van der Waals surface area contributed by atoms with Crippen LogP contribution in [0.25, 0.3) is 0 Å². The topological polar surface area (TPSA) is 73.3 Å². The molecule has 0 N–H and O–H groups in total. The van der Waals surface area contributed by atoms with Crippen LogP contribution >= 0.6 is 0 Å². The van der Waals surface area contributed by atoms with E-state index >= 15 is 0 Å². The van der Waals surface area contributed by atoms with Crippen LogP contribution in [0.4, 0.5) is 4.79 Å². The molecule has 0 aromatic heterocycles. The molecule has 0 aliphatic carbocycles. The number of carbonyl (C=O) groups excluding carboxylic acids is 3. The minimum Gasteiger partial charge on any atom is -0.340 e. The van der Waals surface area contributed by atoms with Gasteiger partial charge in [-0.25, -0.2) is 9.79 Å². The van der Waals surface area contributed by atoms with Crippen molar-refractivity contribution in [1.82, 2.24) is 14.7 Å². The lowest BCUT2D eigenvalue weighted by Gasteiger charge is -2.42. The molecule has 0 aromatic carbocycles. The first kappa shape index (κ1) is 17.4. The maximum Gasteiger partial charge on any atom is 0.328 e. The lowest BCUT2D eigenvalue weighted by Crippen LogP contribution is -2.66. The third-order valence-corrected chi connectivity index (χ3v) is 4.22. The second-order valence-electron chi connectivity index (χ2n) is 6.17. The van der Waals surface area contributed by atoms with Crippen LogP contribution in [0.5, 0.6) is 0 Å². The highest BCUT2D eigenvalue weighted by molar-refractivity contribution is 6.02. The summed E-state index contributed by atoms with van der Waals surface area (Å²) in [6.45, 7) is 6.73. The number of carbonyl (C=O) groups is 3. The summed E-state index contributed by atoms with van der Waals surface area (Å²) in [6.07, 6.45) is 4.57. The zero-order valence-corrected chi connectivity index (χ0v) is 14.2. The van der Waals surface area contributed by atoms with Crippen molar-refractivity contribution in [1.29, 1.82) is 0 Å². The molecular weight excluding hydrogens is 296 g/mol. The van der Waals surface area contributed by atoms with Gasteiger partial charge >= 0.3 is 6.03 Å². The molecule has 7 heteroatoms. The largest absolute Gasteiger partial charge is 0.340 e. The molecule has 3 amide bonds. The molecule has 0 aromatic rings. The minimum atomic E-state index is -0.565. The predicted octanol–water partition coefficient (Wildman–Crippen LogP) is 1.48. The summed E-state index contributed by atoms with van der Waals surface area (Å²) in [5.74, 6) is -0.262. The maximum absolute atomic E-state index is 12.8. The van der Waals surface area contributed by atoms with E-state index in [0.29, 0.717) is 13.1 Å². The van der Waals surface area contributed by atoms with E-state index in [1.165, 1.54) is 11.8 Å². The standard InChI is InChI=1S/C16H26N4O3/c1-4-6-8-19-14-13(18(11-17-14)10-12(3)21)15(22)20(16(19)23)9-7-5-2/h11,13-14H,4-10H2,1-3H3. The molecule has 2 atom stereocenters. The third kappa shape index (κ3) is 3.54. The number of amides is 3. The number of ketones is 1. The van der Waals surface area contributed by atoms with Crippen LogP contribution in [-0.2, 0) is 9.59 Å². The Hall–Kier alpha value is -1.92. The predicted molar refractivity (Wildman–Crippen MR) is 87.1 cm³/mol. The number of Topliss-reactive ketones (excluding diaryl/α,β-unsaturated/α-hetero) is 1. The van der Waals surface area contributed by atoms with Gasteiger partial charge in [-0.05, 0) is 19.8 Å². The second kappa shape index (κ2) is 7.57. The van der Waals surface area contributed by atoms with Crippen LogP contribution in [-0.4, -0.2) is 70.6 Å². The molecular formula is C16H26N4O3. The van der Waals surface area contributed by atoms with E-state index in [2.05, 4.69) is 11.9 Å². The molecule has 2 heterocycles. The zero-order chi connectivity index (χ0) is 17.0. The van der Waals surface area contributed by atoms with Crippen molar-refractivity contribution in [3.8, 4) is 0 Å². The number of fused-ring (bicyclic) bond motifs is 1. The average molecular weight is 322 g/mol. The SMILES string of the molecule is CCCCN1C(=O)C2C(N=CN2CC(C)=O)N(CCCC)C1=O. The number of hydrogen-bond acceptors (Lipinski definition) is 5. The lowest BCUT2D eigenvalue weighted by atomic mass is 10.1. The summed E-state index contributed by atoms with van der Waals surface area (Å²) in [4.78, 5) is 45.9. The Bertz CT molecular complexity index is 506. The normalized spacial score (nSPS) is 23.7. The van der Waals surface area contributed by atoms with Crippen molar-refractivity contribution in [3.05, 3.63) is 0 Å². The van der Waals surface area contributed by atoms with Gasteiger partial charge in [0.25, 0.3) is 5.91 Å². The number of aliphatic imine (C=N–C) groups is 1. The Morgan fingerprint density at radius 3 is 2.43 bits per heavy atom. The van der Waals surface area contributed by atoms with Crippen molar-refractivity contribution in [2.24, 2.45) is 4.99 Å². The summed E-state index contributed by atoms with van der Waals surface area (Å²) in [5, 5.41) is 0. The molecule has 128 valence electrons. The van der Waals surface area contributed by atoms with Gasteiger partial charge in [0, 0.05) is 13.1 Å². The van der Waals surface area contributed by atoms with Crippen LogP contribution in [0.15, 0.2) is 4.99 Å². The van der Waals surface area contributed by atoms with Gasteiger partial charge in [0.15, 0.2) is 12.2 Å². The van der Waals surface area contributed by atoms with Gasteiger partial charge in [0.1, 0.15) is 5.78 Å². The van der Waals surface area contributed by atoms with Crippen LogP contribution in [0, 0.1) is 0 Å². The molecule has 0 saturated carbocycles. The first-order valence-electron chi connectivity index (χ1n) is 8.41. The van der Waals surface area contributed by atoms with Crippen LogP contribution in [0.3, 0.4) is 0 Å². The molecule has 1 fully saturated rings. The molecule has 7 nitrogen and oxygen atoms in total. The van der Waals surface area contributed by atoms with E-state index in [1.54, 1.807) is 16.1 Å². The molecule has 2 rings (SSSR count). The van der Waals surface area contributed by atoms with Crippen molar-refractivity contribution in [2.75, 3.05) is 19.6 Å². The molecule has 2 aliphatic heterocycles. The molecule has 0 radical (unpaired) electrons. The van der Waals surface area contributed by atoms with E-state index in [9.17, 15) is 14.4 Å². The molecule has 0 spiro atoms. The summed E-state index contributed by atoms with van der Waals surface area (Å²) in [6, 6.07) is -0.815. The first-order chi connectivity index (χ1) is 11.0. The van der Waals surface area contributed by atoms with Gasteiger partial charge in [-0.3, -0.25) is 19.4 Å². The van der Waals surface area contributed by atoms with E-state index < -0.39 is 12.2 Å². The molecule has 2 aliphatic rings. The van der Waals surface area contributed by atoms with Crippen LogP contribution < -0.4 is 0 Å². The zero-order valence-electron chi connectivity index (χ0n) is 14.2. The van der Waals surface area contributed by atoms with E-state index in [0.717, 1.165) is 25.7 Å². The van der Waals surface area contributed by atoms with Crippen molar-refractivity contribution < 1.29 is 14.4 Å². The average Bonchev–Trinajstić information content (AvgIpc) is 2.90. The van der Waals surface area contributed by atoms with Crippen LogP contribution in [0.1, 0.15) is 46.5 Å². The minimum absolute atomic E-state index is 0.0259. The van der Waals surface area contributed by atoms with Gasteiger partial charge in [-0.15, -0.1) is 0 Å². The summed E-state index contributed by atoms with van der Waals surface area (Å²) in [5.41, 5.74) is 0. The maximum atomic E-state index is 12.8. The lowest BCUT2D eigenvalue weighted by molar-refractivity contribution is -0.138. The molecule has 0 bridgehead atoms. The number of unbranched alkanes of at least 4 members (excludes halogenated alkanes) is 2. The summed E-state index contributed by atoms with van der Waals surface area (Å²) in [7, 11) is 0. The second-order valence-corrected chi connectivity index (χ2v) is 6.17. The van der Waals surface area contributed by atoms with Crippen molar-refractivity contribution in [3.63, 3.8) is 0 Å². The quantitative estimate of drug-likeness (QED) is 0.678. The Kier molecular flexibility index (Phi) is 5.74. The highest BCUT2D eigenvalue weighted by Crippen LogP contribution is 2.27. The highest BCUT2D eigenvalue weighted by atomic mass is 16.2. The fourth-order valence-corrected chi connectivity index (χ4v) is 3.00. The summed E-state index contributed by atoms with van der Waals surface area (Å²) >= 11 is 0. The molecule has 2 unspecified atom stereocenters. The number of urea groups is 1. The van der Waals surface area contributed by atoms with E-state index in [-0.39, 0.29) is 24.3 Å². The van der Waals surface area contributed by atoms with Gasteiger partial charge in [0.05, 0.1) is 12.9 Å². The van der Waals surface area contributed by atoms with Gasteiger partial charge in [-0.2, -0.15) is 0 Å². The Morgan fingerprint density at radius 2 is 1.83 bits per heavy atom. The number of nitrogens with zero attached hydrogens (tertiary/aromatic N) is 4. The number of imide groups is 1.